The topological polar surface area (TPSA) is 89.1 Å². The van der Waals surface area contributed by atoms with Gasteiger partial charge in [-0.2, -0.15) is 13.2 Å². The standard InChI is InChI=1S/C11H17F3N6O/c1-16-7(9(15)21)2-3-19-4-5-20-8(6-19)17-18-10(20)11(12,13)14/h7,16H,2-6H2,1H3,(H2,15,21). The van der Waals surface area contributed by atoms with E-state index in [9.17, 15) is 18.0 Å². The van der Waals surface area contributed by atoms with Crippen LogP contribution in [-0.2, 0) is 24.1 Å². The Kier molecular flexibility index (Phi) is 4.47. The Balaban J connectivity index is 1.98. The first-order valence-corrected chi connectivity index (χ1v) is 6.51. The zero-order valence-electron chi connectivity index (χ0n) is 11.5. The molecular formula is C11H17F3N6O. The van der Waals surface area contributed by atoms with Crippen molar-refractivity contribution in [3.8, 4) is 0 Å². The predicted octanol–water partition coefficient (Wildman–Crippen LogP) is -0.424. The Morgan fingerprint density at radius 1 is 1.43 bits per heavy atom. The number of carbonyl (C=O) groups is 1. The summed E-state index contributed by atoms with van der Waals surface area (Å²) < 4.78 is 39.2. The number of hydrogen-bond acceptors (Lipinski definition) is 5. The lowest BCUT2D eigenvalue weighted by Gasteiger charge is -2.28. The van der Waals surface area contributed by atoms with E-state index in [0.29, 0.717) is 19.5 Å². The normalized spacial score (nSPS) is 17.5. The molecule has 2 rings (SSSR count). The molecular weight excluding hydrogens is 289 g/mol. The van der Waals surface area contributed by atoms with E-state index in [0.717, 1.165) is 4.57 Å². The van der Waals surface area contributed by atoms with Crippen molar-refractivity contribution in [2.24, 2.45) is 5.73 Å². The first-order chi connectivity index (χ1) is 9.82. The molecule has 2 heterocycles. The average Bonchev–Trinajstić information content (AvgIpc) is 2.81. The number of hydrogen-bond donors (Lipinski definition) is 2. The number of likely N-dealkylation sites (N-methyl/N-ethyl adjacent to an activating group) is 1. The number of nitrogens with one attached hydrogen (secondary N) is 1. The van der Waals surface area contributed by atoms with Crippen LogP contribution in [0.5, 0.6) is 0 Å². The molecule has 7 nitrogen and oxygen atoms in total. The van der Waals surface area contributed by atoms with E-state index < -0.39 is 23.9 Å². The molecule has 0 aliphatic carbocycles. The van der Waals surface area contributed by atoms with Crippen LogP contribution in [0.15, 0.2) is 0 Å². The number of alkyl halides is 3. The maximum atomic E-state index is 12.7. The molecule has 1 unspecified atom stereocenters. The molecule has 1 aliphatic heterocycles. The summed E-state index contributed by atoms with van der Waals surface area (Å²) in [5, 5.41) is 9.62. The molecule has 118 valence electrons. The molecule has 1 atom stereocenters. The number of primary amides is 1. The fourth-order valence-corrected chi connectivity index (χ4v) is 2.35. The van der Waals surface area contributed by atoms with Gasteiger partial charge in [-0.05, 0) is 13.5 Å². The smallest absolute Gasteiger partial charge is 0.368 e. The number of amides is 1. The van der Waals surface area contributed by atoms with Crippen molar-refractivity contribution in [2.75, 3.05) is 20.1 Å². The molecule has 3 N–H and O–H groups in total. The summed E-state index contributed by atoms with van der Waals surface area (Å²) in [5.41, 5.74) is 5.22. The van der Waals surface area contributed by atoms with Crippen LogP contribution in [0.1, 0.15) is 18.1 Å². The largest absolute Gasteiger partial charge is 0.451 e. The van der Waals surface area contributed by atoms with Crippen molar-refractivity contribution >= 4 is 5.91 Å². The zero-order chi connectivity index (χ0) is 15.6. The summed E-state index contributed by atoms with van der Waals surface area (Å²) >= 11 is 0. The van der Waals surface area contributed by atoms with Crippen LogP contribution < -0.4 is 11.1 Å². The predicted molar refractivity (Wildman–Crippen MR) is 67.0 cm³/mol. The molecule has 0 bridgehead atoms. The van der Waals surface area contributed by atoms with Crippen molar-refractivity contribution in [2.45, 2.75) is 31.7 Å². The monoisotopic (exact) mass is 306 g/mol. The lowest BCUT2D eigenvalue weighted by Crippen LogP contribution is -2.43. The zero-order valence-corrected chi connectivity index (χ0v) is 11.5. The van der Waals surface area contributed by atoms with E-state index in [-0.39, 0.29) is 18.9 Å². The number of nitrogens with zero attached hydrogens (tertiary/aromatic N) is 4. The van der Waals surface area contributed by atoms with Crippen molar-refractivity contribution in [1.82, 2.24) is 25.0 Å². The molecule has 0 radical (unpaired) electrons. The molecule has 1 aromatic rings. The highest BCUT2D eigenvalue weighted by atomic mass is 19.4. The van der Waals surface area contributed by atoms with Gasteiger partial charge in [0.25, 0.3) is 0 Å². The summed E-state index contributed by atoms with van der Waals surface area (Å²) in [7, 11) is 1.64. The maximum Gasteiger partial charge on any atom is 0.451 e. The Morgan fingerprint density at radius 2 is 2.14 bits per heavy atom. The Labute approximate surface area is 119 Å². The van der Waals surface area contributed by atoms with Crippen molar-refractivity contribution in [1.29, 1.82) is 0 Å². The summed E-state index contributed by atoms with van der Waals surface area (Å²) in [5.74, 6) is -1.12. The average molecular weight is 306 g/mol. The molecule has 0 saturated heterocycles. The van der Waals surface area contributed by atoms with Gasteiger partial charge in [0, 0.05) is 19.6 Å². The van der Waals surface area contributed by atoms with Gasteiger partial charge in [-0.3, -0.25) is 9.69 Å². The van der Waals surface area contributed by atoms with Crippen LogP contribution in [0.2, 0.25) is 0 Å². The second-order valence-corrected chi connectivity index (χ2v) is 4.90. The van der Waals surface area contributed by atoms with Crippen LogP contribution in [0.4, 0.5) is 13.2 Å². The molecule has 0 spiro atoms. The fourth-order valence-electron chi connectivity index (χ4n) is 2.35. The molecule has 1 amide bonds. The van der Waals surface area contributed by atoms with E-state index in [2.05, 4.69) is 15.5 Å². The van der Waals surface area contributed by atoms with E-state index in [1.165, 1.54) is 0 Å². The van der Waals surface area contributed by atoms with Gasteiger partial charge in [-0.1, -0.05) is 0 Å². The quantitative estimate of drug-likeness (QED) is 0.771. The van der Waals surface area contributed by atoms with Gasteiger partial charge in [0.2, 0.25) is 11.7 Å². The van der Waals surface area contributed by atoms with Crippen LogP contribution in [0.3, 0.4) is 0 Å². The first-order valence-electron chi connectivity index (χ1n) is 6.51. The number of carbonyl (C=O) groups excluding carboxylic acids is 1. The van der Waals surface area contributed by atoms with Crippen LogP contribution in [-0.4, -0.2) is 51.8 Å². The van der Waals surface area contributed by atoms with Gasteiger partial charge in [0.15, 0.2) is 0 Å². The number of halogens is 3. The molecule has 10 heteroatoms. The molecule has 0 aromatic carbocycles. The fraction of sp³-hybridized carbons (Fsp3) is 0.727. The van der Waals surface area contributed by atoms with Gasteiger partial charge in [0.05, 0.1) is 12.6 Å². The van der Waals surface area contributed by atoms with Crippen LogP contribution >= 0.6 is 0 Å². The third kappa shape index (κ3) is 3.50. The van der Waals surface area contributed by atoms with Gasteiger partial charge in [-0.25, -0.2) is 0 Å². The number of nitrogens with two attached hydrogens (primary N) is 1. The van der Waals surface area contributed by atoms with Crippen LogP contribution in [0.25, 0.3) is 0 Å². The Bertz CT molecular complexity index is 515. The minimum Gasteiger partial charge on any atom is -0.368 e. The molecule has 1 aliphatic rings. The highest BCUT2D eigenvalue weighted by Crippen LogP contribution is 2.29. The highest BCUT2D eigenvalue weighted by Gasteiger charge is 2.39. The summed E-state index contributed by atoms with van der Waals surface area (Å²) in [6.45, 7) is 1.45. The number of rotatable bonds is 5. The van der Waals surface area contributed by atoms with Gasteiger partial charge in [-0.15, -0.1) is 10.2 Å². The summed E-state index contributed by atoms with van der Waals surface area (Å²) in [6, 6.07) is -0.449. The highest BCUT2D eigenvalue weighted by molar-refractivity contribution is 5.79. The SMILES string of the molecule is CNC(CCN1CCn2c(nnc2C(F)(F)F)C1)C(N)=O. The first kappa shape index (κ1) is 15.7. The minimum atomic E-state index is -4.49. The summed E-state index contributed by atoms with van der Waals surface area (Å²) in [6.07, 6.45) is -4.00. The van der Waals surface area contributed by atoms with Crippen molar-refractivity contribution in [3.63, 3.8) is 0 Å². The Morgan fingerprint density at radius 3 is 2.71 bits per heavy atom. The van der Waals surface area contributed by atoms with Crippen molar-refractivity contribution < 1.29 is 18.0 Å². The minimum absolute atomic E-state index is 0.179. The molecule has 0 fully saturated rings. The van der Waals surface area contributed by atoms with E-state index >= 15 is 0 Å². The van der Waals surface area contributed by atoms with Gasteiger partial charge in [0.1, 0.15) is 5.82 Å². The van der Waals surface area contributed by atoms with Gasteiger partial charge < -0.3 is 15.6 Å². The number of fused-ring (bicyclic) bond motifs is 1. The van der Waals surface area contributed by atoms with E-state index in [1.807, 2.05) is 4.90 Å². The maximum absolute atomic E-state index is 12.7. The van der Waals surface area contributed by atoms with Crippen LogP contribution in [0, 0.1) is 0 Å². The third-order valence-corrected chi connectivity index (χ3v) is 3.51. The van der Waals surface area contributed by atoms with E-state index in [4.69, 9.17) is 5.73 Å². The third-order valence-electron chi connectivity index (χ3n) is 3.51. The van der Waals surface area contributed by atoms with Crippen molar-refractivity contribution in [3.05, 3.63) is 11.6 Å². The lowest BCUT2D eigenvalue weighted by molar-refractivity contribution is -0.148. The Hall–Kier alpha value is -1.68. The molecule has 21 heavy (non-hydrogen) atoms. The van der Waals surface area contributed by atoms with E-state index in [1.54, 1.807) is 7.05 Å². The second kappa shape index (κ2) is 5.98. The molecule has 0 saturated carbocycles. The second-order valence-electron chi connectivity index (χ2n) is 4.90. The molecule has 1 aromatic heterocycles. The lowest BCUT2D eigenvalue weighted by atomic mass is 10.2. The summed E-state index contributed by atoms with van der Waals surface area (Å²) in [4.78, 5) is 13.0. The number of aromatic nitrogens is 3. The van der Waals surface area contributed by atoms with Gasteiger partial charge >= 0.3 is 6.18 Å².